The molecule has 3 rings (SSSR count). The number of hydrogen-bond acceptors (Lipinski definition) is 3. The summed E-state index contributed by atoms with van der Waals surface area (Å²) in [7, 11) is 0. The van der Waals surface area contributed by atoms with Crippen LogP contribution in [-0.4, -0.2) is 4.98 Å². The van der Waals surface area contributed by atoms with Gasteiger partial charge in [0.15, 0.2) is 5.75 Å². The quantitative estimate of drug-likeness (QED) is 0.785. The highest BCUT2D eigenvalue weighted by Gasteiger charge is 2.09. The van der Waals surface area contributed by atoms with E-state index in [2.05, 4.69) is 20.9 Å². The lowest BCUT2D eigenvalue weighted by atomic mass is 10.2. The molecule has 0 unspecified atom stereocenters. The molecule has 4 heteroatoms. The van der Waals surface area contributed by atoms with Crippen LogP contribution in [0.3, 0.4) is 0 Å². The van der Waals surface area contributed by atoms with Gasteiger partial charge >= 0.3 is 0 Å². The third kappa shape index (κ3) is 2.60. The predicted molar refractivity (Wildman–Crippen MR) is 84.6 cm³/mol. The van der Waals surface area contributed by atoms with Crippen molar-refractivity contribution in [3.8, 4) is 5.75 Å². The molecule has 3 aromatic rings. The minimum atomic E-state index is 0.483. The number of nitrogens with zero attached hydrogens (tertiary/aromatic N) is 1. The van der Waals surface area contributed by atoms with Crippen molar-refractivity contribution in [2.24, 2.45) is 0 Å². The van der Waals surface area contributed by atoms with Gasteiger partial charge in [-0.2, -0.15) is 0 Å². The molecular formula is C16H13BrN2O. The van der Waals surface area contributed by atoms with Crippen LogP contribution in [0.2, 0.25) is 0 Å². The van der Waals surface area contributed by atoms with Gasteiger partial charge in [0.25, 0.3) is 0 Å². The van der Waals surface area contributed by atoms with E-state index >= 15 is 0 Å². The summed E-state index contributed by atoms with van der Waals surface area (Å²) >= 11 is 3.46. The first-order valence-corrected chi connectivity index (χ1v) is 7.04. The number of anilines is 1. The lowest BCUT2D eigenvalue weighted by Gasteiger charge is -2.12. The van der Waals surface area contributed by atoms with Gasteiger partial charge in [0, 0.05) is 9.86 Å². The number of rotatable bonds is 3. The molecule has 0 fully saturated rings. The molecule has 20 heavy (non-hydrogen) atoms. The molecule has 0 aliphatic rings. The summed E-state index contributed by atoms with van der Waals surface area (Å²) in [4.78, 5) is 4.31. The molecule has 0 radical (unpaired) electrons. The minimum absolute atomic E-state index is 0.483. The van der Waals surface area contributed by atoms with Gasteiger partial charge in [0.1, 0.15) is 6.61 Å². The van der Waals surface area contributed by atoms with Crippen LogP contribution in [0.15, 0.2) is 59.2 Å². The van der Waals surface area contributed by atoms with Crippen LogP contribution in [-0.2, 0) is 6.61 Å². The first-order chi connectivity index (χ1) is 9.74. The van der Waals surface area contributed by atoms with Crippen LogP contribution in [0.5, 0.6) is 5.75 Å². The molecule has 0 aliphatic carbocycles. The summed E-state index contributed by atoms with van der Waals surface area (Å²) in [5.41, 5.74) is 8.52. The van der Waals surface area contributed by atoms with E-state index in [9.17, 15) is 0 Å². The summed E-state index contributed by atoms with van der Waals surface area (Å²) in [6.07, 6.45) is 1.64. The summed E-state index contributed by atoms with van der Waals surface area (Å²) in [5, 5.41) is 0.912. The van der Waals surface area contributed by atoms with Gasteiger partial charge in [0.05, 0.1) is 17.4 Å². The fourth-order valence-electron chi connectivity index (χ4n) is 2.05. The maximum absolute atomic E-state index is 6.00. The maximum Gasteiger partial charge on any atom is 0.153 e. The van der Waals surface area contributed by atoms with Gasteiger partial charge in [0.2, 0.25) is 0 Å². The van der Waals surface area contributed by atoms with E-state index in [4.69, 9.17) is 10.5 Å². The van der Waals surface area contributed by atoms with Crippen LogP contribution in [0.25, 0.3) is 10.9 Å². The number of pyridine rings is 1. The van der Waals surface area contributed by atoms with Crippen molar-refractivity contribution in [2.75, 3.05) is 5.73 Å². The van der Waals surface area contributed by atoms with Crippen molar-refractivity contribution in [1.82, 2.24) is 4.98 Å². The molecule has 2 aromatic carbocycles. The average Bonchev–Trinajstić information content (AvgIpc) is 2.47. The van der Waals surface area contributed by atoms with E-state index in [0.717, 1.165) is 20.9 Å². The van der Waals surface area contributed by atoms with Crippen molar-refractivity contribution < 1.29 is 4.74 Å². The number of nitrogens with two attached hydrogens (primary N) is 1. The highest BCUT2D eigenvalue weighted by atomic mass is 79.9. The minimum Gasteiger partial charge on any atom is -0.486 e. The molecule has 1 aromatic heterocycles. The van der Waals surface area contributed by atoms with E-state index in [0.29, 0.717) is 18.0 Å². The van der Waals surface area contributed by atoms with E-state index in [1.165, 1.54) is 0 Å². The normalized spacial score (nSPS) is 10.7. The van der Waals surface area contributed by atoms with Crippen LogP contribution >= 0.6 is 15.9 Å². The highest BCUT2D eigenvalue weighted by molar-refractivity contribution is 9.10. The monoisotopic (exact) mass is 328 g/mol. The Labute approximate surface area is 125 Å². The van der Waals surface area contributed by atoms with Crippen LogP contribution in [0.1, 0.15) is 5.56 Å². The van der Waals surface area contributed by atoms with E-state index in [1.807, 2.05) is 48.5 Å². The van der Waals surface area contributed by atoms with Crippen molar-refractivity contribution in [3.63, 3.8) is 0 Å². The Morgan fingerprint density at radius 2 is 1.90 bits per heavy atom. The van der Waals surface area contributed by atoms with Crippen LogP contribution in [0.4, 0.5) is 5.69 Å². The van der Waals surface area contributed by atoms with Gasteiger partial charge in [-0.15, -0.1) is 0 Å². The first kappa shape index (κ1) is 12.9. The Bertz CT molecular complexity index is 739. The molecule has 0 atom stereocenters. The summed E-state index contributed by atoms with van der Waals surface area (Å²) in [6.45, 7) is 0.483. The Morgan fingerprint density at radius 1 is 1.10 bits per heavy atom. The predicted octanol–water partition coefficient (Wildman–Crippen LogP) is 4.16. The Morgan fingerprint density at radius 3 is 2.70 bits per heavy atom. The third-order valence-electron chi connectivity index (χ3n) is 3.03. The fourth-order valence-corrected chi connectivity index (χ4v) is 2.41. The van der Waals surface area contributed by atoms with Gasteiger partial charge in [-0.05, 0) is 23.8 Å². The number of ether oxygens (including phenoxy) is 1. The molecule has 0 amide bonds. The zero-order valence-corrected chi connectivity index (χ0v) is 12.3. The first-order valence-electron chi connectivity index (χ1n) is 6.24. The molecular weight excluding hydrogens is 316 g/mol. The largest absolute Gasteiger partial charge is 0.486 e. The molecule has 2 N–H and O–H groups in total. The topological polar surface area (TPSA) is 48.1 Å². The van der Waals surface area contributed by atoms with E-state index in [-0.39, 0.29) is 0 Å². The SMILES string of the molecule is Nc1cnc2ccc(Br)cc2c1OCc1ccccc1. The highest BCUT2D eigenvalue weighted by Crippen LogP contribution is 2.32. The molecule has 0 saturated carbocycles. The Hall–Kier alpha value is -2.07. The van der Waals surface area contributed by atoms with Crippen molar-refractivity contribution in [3.05, 3.63) is 64.8 Å². The van der Waals surface area contributed by atoms with Gasteiger partial charge in [-0.25, -0.2) is 0 Å². The van der Waals surface area contributed by atoms with E-state index < -0.39 is 0 Å². The van der Waals surface area contributed by atoms with Crippen LogP contribution in [0, 0.1) is 0 Å². The molecule has 0 saturated heterocycles. The number of halogens is 1. The Balaban J connectivity index is 1.97. The van der Waals surface area contributed by atoms with Crippen LogP contribution < -0.4 is 10.5 Å². The van der Waals surface area contributed by atoms with Crippen molar-refractivity contribution in [2.45, 2.75) is 6.61 Å². The van der Waals surface area contributed by atoms with Gasteiger partial charge in [-0.1, -0.05) is 46.3 Å². The number of benzene rings is 2. The van der Waals surface area contributed by atoms with Crippen molar-refractivity contribution >= 4 is 32.5 Å². The molecule has 1 heterocycles. The number of fused-ring (bicyclic) bond motifs is 1. The fraction of sp³-hybridized carbons (Fsp3) is 0.0625. The summed E-state index contributed by atoms with van der Waals surface area (Å²) in [5.74, 6) is 0.681. The zero-order valence-electron chi connectivity index (χ0n) is 10.7. The number of nitrogen functional groups attached to an aromatic ring is 1. The van der Waals surface area contributed by atoms with Crippen molar-refractivity contribution in [1.29, 1.82) is 0 Å². The summed E-state index contributed by atoms with van der Waals surface area (Å²) < 4.78 is 6.88. The second kappa shape index (κ2) is 5.51. The lowest BCUT2D eigenvalue weighted by molar-refractivity contribution is 0.311. The maximum atomic E-state index is 6.00. The lowest BCUT2D eigenvalue weighted by Crippen LogP contribution is -2.00. The third-order valence-corrected chi connectivity index (χ3v) is 3.53. The van der Waals surface area contributed by atoms with E-state index in [1.54, 1.807) is 6.20 Å². The second-order valence-corrected chi connectivity index (χ2v) is 5.39. The molecule has 100 valence electrons. The second-order valence-electron chi connectivity index (χ2n) is 4.48. The van der Waals surface area contributed by atoms with Gasteiger partial charge in [-0.3, -0.25) is 4.98 Å². The number of aromatic nitrogens is 1. The molecule has 0 spiro atoms. The standard InChI is InChI=1S/C16H13BrN2O/c17-12-6-7-15-13(8-12)16(14(18)9-19-15)20-10-11-4-2-1-3-5-11/h1-9H,10,18H2. The zero-order chi connectivity index (χ0) is 13.9. The Kier molecular flexibility index (Phi) is 3.56. The molecule has 0 bridgehead atoms. The molecule has 0 aliphatic heterocycles. The average molecular weight is 329 g/mol. The smallest absolute Gasteiger partial charge is 0.153 e. The molecule has 3 nitrogen and oxygen atoms in total. The summed E-state index contributed by atoms with van der Waals surface area (Å²) in [6, 6.07) is 15.9. The number of hydrogen-bond donors (Lipinski definition) is 1. The van der Waals surface area contributed by atoms with Gasteiger partial charge < -0.3 is 10.5 Å².